The summed E-state index contributed by atoms with van der Waals surface area (Å²) in [6.07, 6.45) is 0.609. The first-order valence-corrected chi connectivity index (χ1v) is 8.85. The van der Waals surface area contributed by atoms with Crippen LogP contribution in [0.3, 0.4) is 0 Å². The normalized spacial score (nSPS) is 11.7. The van der Waals surface area contributed by atoms with Gasteiger partial charge in [-0.25, -0.2) is 8.42 Å². The molecular formula is C16H19NO3S. The third kappa shape index (κ3) is 3.88. The summed E-state index contributed by atoms with van der Waals surface area (Å²) in [5.41, 5.74) is 2.22. The molecule has 1 heterocycles. The van der Waals surface area contributed by atoms with Gasteiger partial charge < -0.3 is 0 Å². The van der Waals surface area contributed by atoms with Crippen LogP contribution in [0, 0.1) is 6.92 Å². The van der Waals surface area contributed by atoms with Crippen LogP contribution in [-0.2, 0) is 9.84 Å². The van der Waals surface area contributed by atoms with Crippen molar-refractivity contribution in [1.29, 1.82) is 0 Å². The minimum atomic E-state index is -3.01. The smallest absolute Gasteiger partial charge is 0.163 e. The molecular weight excluding hydrogens is 286 g/mol. The Bertz CT molecular complexity index is 766. The van der Waals surface area contributed by atoms with Crippen molar-refractivity contribution in [1.82, 2.24) is 4.98 Å². The van der Waals surface area contributed by atoms with Crippen LogP contribution in [0.1, 0.15) is 35.8 Å². The van der Waals surface area contributed by atoms with Gasteiger partial charge >= 0.3 is 0 Å². The quantitative estimate of drug-likeness (QED) is 0.770. The average molecular weight is 305 g/mol. The molecule has 4 nitrogen and oxygen atoms in total. The molecule has 0 amide bonds. The van der Waals surface area contributed by atoms with Crippen LogP contribution in [0.15, 0.2) is 30.3 Å². The van der Waals surface area contributed by atoms with E-state index in [2.05, 4.69) is 4.98 Å². The number of nitrogens with zero attached hydrogens (tertiary/aromatic N) is 1. The Labute approximate surface area is 125 Å². The summed E-state index contributed by atoms with van der Waals surface area (Å²) < 4.78 is 22.9. The second kappa shape index (κ2) is 6.35. The fourth-order valence-corrected chi connectivity index (χ4v) is 3.14. The number of benzene rings is 1. The maximum absolute atomic E-state index is 12.4. The highest BCUT2D eigenvalue weighted by molar-refractivity contribution is 7.91. The van der Waals surface area contributed by atoms with Crippen LogP contribution in [0.25, 0.3) is 10.9 Å². The second-order valence-corrected chi connectivity index (χ2v) is 7.56. The number of sulfone groups is 1. The van der Waals surface area contributed by atoms with Crippen LogP contribution in [-0.4, -0.2) is 30.7 Å². The van der Waals surface area contributed by atoms with Gasteiger partial charge in [-0.1, -0.05) is 25.1 Å². The summed E-state index contributed by atoms with van der Waals surface area (Å²) in [4.78, 5) is 16.8. The Balaban J connectivity index is 2.20. The fraction of sp³-hybridized carbons (Fsp3) is 0.375. The van der Waals surface area contributed by atoms with Gasteiger partial charge in [-0.15, -0.1) is 0 Å². The number of aryl methyl sites for hydroxylation is 1. The first-order valence-electron chi connectivity index (χ1n) is 7.03. The van der Waals surface area contributed by atoms with E-state index in [9.17, 15) is 13.2 Å². The number of fused-ring (bicyclic) bond motifs is 1. The van der Waals surface area contributed by atoms with E-state index in [0.717, 1.165) is 16.6 Å². The Morgan fingerprint density at radius 3 is 2.67 bits per heavy atom. The maximum Gasteiger partial charge on any atom is 0.163 e. The van der Waals surface area contributed by atoms with Crippen LogP contribution >= 0.6 is 0 Å². The molecule has 0 radical (unpaired) electrons. The van der Waals surface area contributed by atoms with E-state index in [1.807, 2.05) is 31.2 Å². The van der Waals surface area contributed by atoms with E-state index in [1.54, 1.807) is 13.0 Å². The summed E-state index contributed by atoms with van der Waals surface area (Å²) in [6, 6.07) is 9.28. The zero-order valence-corrected chi connectivity index (χ0v) is 13.1. The number of para-hydroxylation sites is 1. The van der Waals surface area contributed by atoms with E-state index >= 15 is 0 Å². The number of ketones is 1. The molecule has 112 valence electrons. The Morgan fingerprint density at radius 1 is 1.24 bits per heavy atom. The molecule has 0 atom stereocenters. The molecule has 0 bridgehead atoms. The average Bonchev–Trinajstić information content (AvgIpc) is 2.46. The Kier molecular flexibility index (Phi) is 4.73. The largest absolute Gasteiger partial charge is 0.294 e. The molecule has 0 aliphatic rings. The van der Waals surface area contributed by atoms with Crippen LogP contribution < -0.4 is 0 Å². The van der Waals surface area contributed by atoms with E-state index in [0.29, 0.717) is 12.0 Å². The van der Waals surface area contributed by atoms with Gasteiger partial charge in [-0.05, 0) is 25.5 Å². The van der Waals surface area contributed by atoms with Gasteiger partial charge in [0.15, 0.2) is 5.78 Å². The monoisotopic (exact) mass is 305 g/mol. The van der Waals surface area contributed by atoms with E-state index in [1.165, 1.54) is 0 Å². The summed E-state index contributed by atoms with van der Waals surface area (Å²) in [5.74, 6) is 0.165. The minimum Gasteiger partial charge on any atom is -0.294 e. The number of carbonyl (C=O) groups excluding carboxylic acids is 1. The number of Topliss-reactive ketones (excluding diaryl/α,β-unsaturated/α-hetero) is 1. The lowest BCUT2D eigenvalue weighted by Crippen LogP contribution is -2.11. The number of aromatic nitrogens is 1. The lowest BCUT2D eigenvalue weighted by Gasteiger charge is -2.07. The van der Waals surface area contributed by atoms with Gasteiger partial charge in [0.25, 0.3) is 0 Å². The molecule has 0 saturated carbocycles. The SMILES string of the molecule is CCS(=O)(=O)CCCC(=O)c1cc(C)nc2ccccc12. The van der Waals surface area contributed by atoms with Crippen molar-refractivity contribution in [3.05, 3.63) is 41.6 Å². The van der Waals surface area contributed by atoms with Gasteiger partial charge in [0.05, 0.1) is 11.3 Å². The van der Waals surface area contributed by atoms with E-state index in [4.69, 9.17) is 0 Å². The number of rotatable bonds is 6. The zero-order valence-electron chi connectivity index (χ0n) is 12.3. The van der Waals surface area contributed by atoms with Gasteiger partial charge in [0.2, 0.25) is 0 Å². The molecule has 1 aromatic carbocycles. The second-order valence-electron chi connectivity index (χ2n) is 5.09. The molecule has 0 N–H and O–H groups in total. The third-order valence-corrected chi connectivity index (χ3v) is 5.23. The van der Waals surface area contributed by atoms with Gasteiger partial charge in [-0.2, -0.15) is 0 Å². The van der Waals surface area contributed by atoms with Gasteiger partial charge in [0, 0.05) is 28.8 Å². The van der Waals surface area contributed by atoms with Crippen molar-refractivity contribution in [3.8, 4) is 0 Å². The van der Waals surface area contributed by atoms with Crippen molar-refractivity contribution < 1.29 is 13.2 Å². The van der Waals surface area contributed by atoms with Crippen molar-refractivity contribution in [2.24, 2.45) is 0 Å². The maximum atomic E-state index is 12.4. The lowest BCUT2D eigenvalue weighted by atomic mass is 10.0. The summed E-state index contributed by atoms with van der Waals surface area (Å²) >= 11 is 0. The number of hydrogen-bond acceptors (Lipinski definition) is 4. The van der Waals surface area contributed by atoms with E-state index in [-0.39, 0.29) is 23.7 Å². The molecule has 0 aliphatic carbocycles. The fourth-order valence-electron chi connectivity index (χ4n) is 2.27. The standard InChI is InChI=1S/C16H19NO3S/c1-3-21(19,20)10-6-9-16(18)14-11-12(2)17-15-8-5-4-7-13(14)15/h4-5,7-8,11H,3,6,9-10H2,1-2H3. The molecule has 0 unspecified atom stereocenters. The van der Waals surface area contributed by atoms with Crippen molar-refractivity contribution >= 4 is 26.5 Å². The van der Waals surface area contributed by atoms with Crippen molar-refractivity contribution in [2.75, 3.05) is 11.5 Å². The zero-order chi connectivity index (χ0) is 15.5. The third-order valence-electron chi connectivity index (χ3n) is 3.44. The first kappa shape index (κ1) is 15.6. The molecule has 2 aromatic rings. The molecule has 1 aromatic heterocycles. The number of pyridine rings is 1. The Hall–Kier alpha value is -1.75. The lowest BCUT2D eigenvalue weighted by molar-refractivity contribution is 0.0983. The molecule has 0 spiro atoms. The molecule has 2 rings (SSSR count). The molecule has 0 fully saturated rings. The number of hydrogen-bond donors (Lipinski definition) is 0. The molecule has 21 heavy (non-hydrogen) atoms. The summed E-state index contributed by atoms with van der Waals surface area (Å²) in [6.45, 7) is 3.47. The van der Waals surface area contributed by atoms with Crippen molar-refractivity contribution in [3.63, 3.8) is 0 Å². The van der Waals surface area contributed by atoms with Crippen LogP contribution in [0.2, 0.25) is 0 Å². The predicted molar refractivity (Wildman–Crippen MR) is 84.4 cm³/mol. The minimum absolute atomic E-state index is 0.0250. The summed E-state index contributed by atoms with van der Waals surface area (Å²) in [5, 5.41) is 0.825. The van der Waals surface area contributed by atoms with Gasteiger partial charge in [0.1, 0.15) is 9.84 Å². The van der Waals surface area contributed by atoms with Gasteiger partial charge in [-0.3, -0.25) is 9.78 Å². The topological polar surface area (TPSA) is 64.1 Å². The molecule has 5 heteroatoms. The van der Waals surface area contributed by atoms with Crippen LogP contribution in [0.4, 0.5) is 0 Å². The van der Waals surface area contributed by atoms with E-state index < -0.39 is 9.84 Å². The van der Waals surface area contributed by atoms with Crippen LogP contribution in [0.5, 0.6) is 0 Å². The highest BCUT2D eigenvalue weighted by atomic mass is 32.2. The molecule has 0 saturated heterocycles. The highest BCUT2D eigenvalue weighted by Gasteiger charge is 2.14. The first-order chi connectivity index (χ1) is 9.93. The van der Waals surface area contributed by atoms with Crippen molar-refractivity contribution in [2.45, 2.75) is 26.7 Å². The molecule has 0 aliphatic heterocycles. The summed E-state index contributed by atoms with van der Waals surface area (Å²) in [7, 11) is -3.01. The number of carbonyl (C=O) groups is 1. The highest BCUT2D eigenvalue weighted by Crippen LogP contribution is 2.20. The Morgan fingerprint density at radius 2 is 1.95 bits per heavy atom. The predicted octanol–water partition coefficient (Wildman–Crippen LogP) is 2.94.